The predicted molar refractivity (Wildman–Crippen MR) is 47.8 cm³/mol. The molecule has 0 spiro atoms. The third kappa shape index (κ3) is 3.00. The summed E-state index contributed by atoms with van der Waals surface area (Å²) < 4.78 is 0. The summed E-state index contributed by atoms with van der Waals surface area (Å²) >= 11 is 0. The highest BCUT2D eigenvalue weighted by molar-refractivity contribution is 5.97. The molecule has 0 atom stereocenters. The van der Waals surface area contributed by atoms with Crippen molar-refractivity contribution >= 4 is 18.2 Å². The lowest BCUT2D eigenvalue weighted by Crippen LogP contribution is -2.18. The summed E-state index contributed by atoms with van der Waals surface area (Å²) in [7, 11) is 0. The summed E-state index contributed by atoms with van der Waals surface area (Å²) in [6.07, 6.45) is 0. The number of ketones is 1. The Balaban J connectivity index is 0.00000121. The average Bonchev–Trinajstić information content (AvgIpc) is 2.07. The van der Waals surface area contributed by atoms with Gasteiger partial charge in [-0.15, -0.1) is 12.4 Å². The molecule has 0 aromatic heterocycles. The summed E-state index contributed by atoms with van der Waals surface area (Å²) in [6, 6.07) is 8.82. The summed E-state index contributed by atoms with van der Waals surface area (Å²) in [4.78, 5) is 11.0. The second-order valence-electron chi connectivity index (χ2n) is 2.12. The monoisotopic (exact) mass is 187 g/mol. The summed E-state index contributed by atoms with van der Waals surface area (Å²) in [5, 5.41) is 8.23. The molecular weight excluding hydrogens is 178 g/mol. The van der Waals surface area contributed by atoms with Gasteiger partial charge in [0.1, 0.15) is 0 Å². The van der Waals surface area contributed by atoms with Gasteiger partial charge >= 0.3 is 0 Å². The van der Waals surface area contributed by atoms with Crippen LogP contribution >= 0.6 is 12.4 Å². The standard InChI is InChI=1S/C8H9NO2.ClH/c10-8(6-9-11)7-4-2-1-3-5-7;/h1-5,9,11H,6H2;1H. The van der Waals surface area contributed by atoms with E-state index in [9.17, 15) is 4.79 Å². The van der Waals surface area contributed by atoms with Gasteiger partial charge in [0, 0.05) is 5.56 Å². The van der Waals surface area contributed by atoms with Gasteiger partial charge in [0.25, 0.3) is 0 Å². The molecule has 0 unspecified atom stereocenters. The number of hydrogen-bond acceptors (Lipinski definition) is 3. The van der Waals surface area contributed by atoms with Gasteiger partial charge in [0.15, 0.2) is 5.78 Å². The van der Waals surface area contributed by atoms with Crippen molar-refractivity contribution in [3.8, 4) is 0 Å². The van der Waals surface area contributed by atoms with Crippen molar-refractivity contribution in [1.82, 2.24) is 5.48 Å². The Bertz CT molecular complexity index is 238. The summed E-state index contributed by atoms with van der Waals surface area (Å²) in [5.41, 5.74) is 2.42. The fourth-order valence-corrected chi connectivity index (χ4v) is 0.798. The normalized spacial score (nSPS) is 8.75. The lowest BCUT2D eigenvalue weighted by molar-refractivity contribution is 0.0903. The zero-order valence-corrected chi connectivity index (χ0v) is 7.17. The maximum absolute atomic E-state index is 11.0. The van der Waals surface area contributed by atoms with Crippen molar-refractivity contribution in [3.05, 3.63) is 35.9 Å². The van der Waals surface area contributed by atoms with Crippen LogP contribution in [0.3, 0.4) is 0 Å². The molecule has 0 amide bonds. The van der Waals surface area contributed by atoms with Gasteiger partial charge < -0.3 is 5.21 Å². The molecule has 0 fully saturated rings. The van der Waals surface area contributed by atoms with Crippen LogP contribution in [-0.2, 0) is 0 Å². The Kier molecular flexibility index (Phi) is 5.28. The maximum atomic E-state index is 11.0. The smallest absolute Gasteiger partial charge is 0.178 e. The van der Waals surface area contributed by atoms with Crippen molar-refractivity contribution in [2.75, 3.05) is 6.54 Å². The molecule has 3 nitrogen and oxygen atoms in total. The van der Waals surface area contributed by atoms with Gasteiger partial charge in [-0.2, -0.15) is 5.48 Å². The number of carbonyl (C=O) groups is 1. The predicted octanol–water partition coefficient (Wildman–Crippen LogP) is 1.27. The van der Waals surface area contributed by atoms with Crippen molar-refractivity contribution in [3.63, 3.8) is 0 Å². The van der Waals surface area contributed by atoms with Crippen LogP contribution < -0.4 is 5.48 Å². The molecule has 2 N–H and O–H groups in total. The first kappa shape index (κ1) is 11.1. The number of carbonyl (C=O) groups excluding carboxylic acids is 1. The molecule has 66 valence electrons. The van der Waals surface area contributed by atoms with E-state index in [1.807, 2.05) is 11.5 Å². The van der Waals surface area contributed by atoms with Gasteiger partial charge in [-0.25, -0.2) is 0 Å². The van der Waals surface area contributed by atoms with Crippen molar-refractivity contribution in [1.29, 1.82) is 0 Å². The number of rotatable bonds is 3. The number of benzene rings is 1. The Hall–Kier alpha value is -0.900. The SMILES string of the molecule is Cl.O=C(CNO)c1ccccc1. The number of Topliss-reactive ketones (excluding diaryl/α,β-unsaturated/α-hetero) is 1. The Morgan fingerprint density at radius 3 is 2.42 bits per heavy atom. The largest absolute Gasteiger partial charge is 0.316 e. The van der Waals surface area contributed by atoms with E-state index in [0.29, 0.717) is 5.56 Å². The minimum Gasteiger partial charge on any atom is -0.316 e. The highest BCUT2D eigenvalue weighted by Crippen LogP contribution is 1.98. The van der Waals surface area contributed by atoms with Crippen LogP contribution in [-0.4, -0.2) is 17.5 Å². The van der Waals surface area contributed by atoms with E-state index >= 15 is 0 Å². The van der Waals surface area contributed by atoms with E-state index in [0.717, 1.165) is 0 Å². The van der Waals surface area contributed by atoms with Gasteiger partial charge in [-0.1, -0.05) is 30.3 Å². The second kappa shape index (κ2) is 5.71. The zero-order chi connectivity index (χ0) is 8.10. The van der Waals surface area contributed by atoms with Crippen LogP contribution in [0.4, 0.5) is 0 Å². The molecule has 0 bridgehead atoms. The Labute approximate surface area is 76.8 Å². The molecule has 4 heteroatoms. The molecule has 1 rings (SSSR count). The van der Waals surface area contributed by atoms with E-state index in [1.54, 1.807) is 24.3 Å². The second-order valence-corrected chi connectivity index (χ2v) is 2.12. The molecular formula is C8H10ClNO2. The molecule has 0 heterocycles. The molecule has 0 aliphatic carbocycles. The molecule has 0 saturated heterocycles. The van der Waals surface area contributed by atoms with Crippen LogP contribution in [0.25, 0.3) is 0 Å². The highest BCUT2D eigenvalue weighted by atomic mass is 35.5. The maximum Gasteiger partial charge on any atom is 0.178 e. The summed E-state index contributed by atoms with van der Waals surface area (Å²) in [5.74, 6) is -0.117. The van der Waals surface area contributed by atoms with Crippen molar-refractivity contribution < 1.29 is 10.0 Å². The van der Waals surface area contributed by atoms with Gasteiger partial charge in [0.2, 0.25) is 0 Å². The van der Waals surface area contributed by atoms with E-state index in [2.05, 4.69) is 0 Å². The lowest BCUT2D eigenvalue weighted by atomic mass is 10.1. The molecule has 0 aliphatic heterocycles. The van der Waals surface area contributed by atoms with Crippen molar-refractivity contribution in [2.45, 2.75) is 0 Å². The summed E-state index contributed by atoms with van der Waals surface area (Å²) in [6.45, 7) is -0.0377. The molecule has 1 aromatic rings. The number of halogens is 1. The van der Waals surface area contributed by atoms with Crippen LogP contribution in [0.1, 0.15) is 10.4 Å². The molecule has 0 saturated carbocycles. The first-order chi connectivity index (χ1) is 5.34. The average molecular weight is 188 g/mol. The van der Waals surface area contributed by atoms with E-state index < -0.39 is 0 Å². The lowest BCUT2D eigenvalue weighted by Gasteiger charge is -1.96. The van der Waals surface area contributed by atoms with E-state index in [-0.39, 0.29) is 24.7 Å². The van der Waals surface area contributed by atoms with Crippen LogP contribution in [0.2, 0.25) is 0 Å². The fourth-order valence-electron chi connectivity index (χ4n) is 0.798. The minimum atomic E-state index is -0.117. The van der Waals surface area contributed by atoms with Crippen LogP contribution in [0, 0.1) is 0 Å². The van der Waals surface area contributed by atoms with Crippen LogP contribution in [0.15, 0.2) is 30.3 Å². The van der Waals surface area contributed by atoms with Gasteiger partial charge in [-0.05, 0) is 0 Å². The van der Waals surface area contributed by atoms with Gasteiger partial charge in [0.05, 0.1) is 6.54 Å². The van der Waals surface area contributed by atoms with E-state index in [4.69, 9.17) is 5.21 Å². The zero-order valence-electron chi connectivity index (χ0n) is 6.36. The number of hydrogen-bond donors (Lipinski definition) is 2. The van der Waals surface area contributed by atoms with E-state index in [1.165, 1.54) is 0 Å². The first-order valence-corrected chi connectivity index (χ1v) is 3.30. The third-order valence-electron chi connectivity index (χ3n) is 1.34. The molecule has 1 aromatic carbocycles. The third-order valence-corrected chi connectivity index (χ3v) is 1.34. The first-order valence-electron chi connectivity index (χ1n) is 3.30. The molecule has 0 aliphatic rings. The molecule has 12 heavy (non-hydrogen) atoms. The Morgan fingerprint density at radius 1 is 1.33 bits per heavy atom. The number of nitrogens with one attached hydrogen (secondary N) is 1. The van der Waals surface area contributed by atoms with Crippen LogP contribution in [0.5, 0.6) is 0 Å². The molecule has 0 radical (unpaired) electrons. The van der Waals surface area contributed by atoms with Gasteiger partial charge in [-0.3, -0.25) is 4.79 Å². The minimum absolute atomic E-state index is 0. The fraction of sp³-hybridized carbons (Fsp3) is 0.125. The number of hydroxylamine groups is 1. The Morgan fingerprint density at radius 2 is 1.92 bits per heavy atom. The quantitative estimate of drug-likeness (QED) is 0.554. The topological polar surface area (TPSA) is 49.3 Å². The van der Waals surface area contributed by atoms with Crippen molar-refractivity contribution in [2.24, 2.45) is 0 Å². The highest BCUT2D eigenvalue weighted by Gasteiger charge is 2.01.